The van der Waals surface area contributed by atoms with Gasteiger partial charge in [-0.2, -0.15) is 10.0 Å². The zero-order chi connectivity index (χ0) is 13.8. The molecule has 0 aliphatic carbocycles. The zero-order valence-corrected chi connectivity index (χ0v) is 11.2. The lowest BCUT2D eigenvalue weighted by Gasteiger charge is -2.32. The van der Waals surface area contributed by atoms with Crippen molar-refractivity contribution in [3.8, 4) is 12.3 Å². The Morgan fingerprint density at radius 2 is 2.22 bits per heavy atom. The van der Waals surface area contributed by atoms with Gasteiger partial charge in [-0.25, -0.2) is 4.79 Å². The van der Waals surface area contributed by atoms with Crippen LogP contribution in [-0.2, 0) is 9.53 Å². The molecule has 1 heterocycles. The van der Waals surface area contributed by atoms with Crippen molar-refractivity contribution in [2.45, 2.75) is 45.6 Å². The molecule has 0 saturated carbocycles. The van der Waals surface area contributed by atoms with Crippen molar-refractivity contribution in [2.75, 3.05) is 13.2 Å². The SMILES string of the molecule is C#CCN1N(C(=O)OCCCC)C(=O)CC1(C)C. The summed E-state index contributed by atoms with van der Waals surface area (Å²) < 4.78 is 5.06. The first kappa shape index (κ1) is 14.5. The van der Waals surface area contributed by atoms with Crippen LogP contribution in [0.1, 0.15) is 40.0 Å². The number of terminal acetylenes is 1. The molecule has 0 spiro atoms. The van der Waals surface area contributed by atoms with Crippen molar-refractivity contribution >= 4 is 12.0 Å². The number of carbonyl (C=O) groups excluding carboxylic acids is 2. The van der Waals surface area contributed by atoms with Crippen LogP contribution in [0.5, 0.6) is 0 Å². The highest BCUT2D eigenvalue weighted by Gasteiger charge is 2.47. The predicted octanol–water partition coefficient (Wildman–Crippen LogP) is 1.78. The summed E-state index contributed by atoms with van der Waals surface area (Å²) in [5.74, 6) is 2.20. The highest BCUT2D eigenvalue weighted by atomic mass is 16.6. The van der Waals surface area contributed by atoms with Gasteiger partial charge in [-0.05, 0) is 20.3 Å². The number of amides is 2. The summed E-state index contributed by atoms with van der Waals surface area (Å²) in [6.45, 7) is 6.29. The van der Waals surface area contributed by atoms with E-state index in [1.807, 2.05) is 20.8 Å². The quantitative estimate of drug-likeness (QED) is 0.565. The van der Waals surface area contributed by atoms with E-state index in [1.165, 1.54) is 0 Å². The average Bonchev–Trinajstić information content (AvgIpc) is 2.49. The summed E-state index contributed by atoms with van der Waals surface area (Å²) in [7, 11) is 0. The molecule has 1 rings (SSSR count). The van der Waals surface area contributed by atoms with Gasteiger partial charge in [0.2, 0.25) is 5.91 Å². The average molecular weight is 252 g/mol. The molecule has 18 heavy (non-hydrogen) atoms. The van der Waals surface area contributed by atoms with E-state index in [4.69, 9.17) is 11.2 Å². The molecule has 5 heteroatoms. The minimum Gasteiger partial charge on any atom is -0.448 e. The van der Waals surface area contributed by atoms with Gasteiger partial charge in [0.05, 0.1) is 13.2 Å². The third-order valence-electron chi connectivity index (χ3n) is 2.90. The Balaban J connectivity index is 2.75. The molecule has 1 saturated heterocycles. The predicted molar refractivity (Wildman–Crippen MR) is 67.3 cm³/mol. The van der Waals surface area contributed by atoms with Crippen LogP contribution in [0.4, 0.5) is 4.79 Å². The topological polar surface area (TPSA) is 49.9 Å². The van der Waals surface area contributed by atoms with Crippen LogP contribution in [0.2, 0.25) is 0 Å². The molecule has 0 radical (unpaired) electrons. The lowest BCUT2D eigenvalue weighted by Crippen LogP contribution is -2.50. The molecule has 0 aromatic rings. The molecule has 5 nitrogen and oxygen atoms in total. The van der Waals surface area contributed by atoms with Crippen molar-refractivity contribution in [3.05, 3.63) is 0 Å². The second-order valence-electron chi connectivity index (χ2n) is 4.92. The van der Waals surface area contributed by atoms with E-state index in [9.17, 15) is 9.59 Å². The van der Waals surface area contributed by atoms with Crippen LogP contribution in [0, 0.1) is 12.3 Å². The van der Waals surface area contributed by atoms with Gasteiger partial charge in [0.15, 0.2) is 0 Å². The third-order valence-corrected chi connectivity index (χ3v) is 2.90. The third kappa shape index (κ3) is 3.02. The summed E-state index contributed by atoms with van der Waals surface area (Å²) in [5, 5.41) is 2.62. The van der Waals surface area contributed by atoms with E-state index in [-0.39, 0.29) is 18.9 Å². The van der Waals surface area contributed by atoms with Crippen LogP contribution < -0.4 is 0 Å². The van der Waals surface area contributed by atoms with Crippen LogP contribution in [-0.4, -0.2) is 40.7 Å². The van der Waals surface area contributed by atoms with E-state index in [2.05, 4.69) is 5.92 Å². The molecule has 0 atom stereocenters. The number of carbonyl (C=O) groups is 2. The number of hydrogen-bond donors (Lipinski definition) is 0. The van der Waals surface area contributed by atoms with Gasteiger partial charge in [0, 0.05) is 12.0 Å². The maximum Gasteiger partial charge on any atom is 0.431 e. The van der Waals surface area contributed by atoms with Crippen molar-refractivity contribution in [3.63, 3.8) is 0 Å². The Bertz CT molecular complexity index is 371. The van der Waals surface area contributed by atoms with Gasteiger partial charge in [0.1, 0.15) is 0 Å². The molecular formula is C13H20N2O3. The van der Waals surface area contributed by atoms with Gasteiger partial charge in [-0.3, -0.25) is 4.79 Å². The highest BCUT2D eigenvalue weighted by molar-refractivity contribution is 5.93. The van der Waals surface area contributed by atoms with Crippen LogP contribution in [0.15, 0.2) is 0 Å². The highest BCUT2D eigenvalue weighted by Crippen LogP contribution is 2.29. The molecule has 100 valence electrons. The van der Waals surface area contributed by atoms with Gasteiger partial charge >= 0.3 is 6.09 Å². The van der Waals surface area contributed by atoms with Gasteiger partial charge in [-0.1, -0.05) is 19.3 Å². The number of hydrogen-bond acceptors (Lipinski definition) is 4. The minimum absolute atomic E-state index is 0.210. The number of hydrazine groups is 1. The summed E-state index contributed by atoms with van der Waals surface area (Å²) in [4.78, 5) is 23.7. The molecule has 0 bridgehead atoms. The van der Waals surface area contributed by atoms with Crippen LogP contribution in [0.3, 0.4) is 0 Å². The number of rotatable bonds is 4. The minimum atomic E-state index is -0.630. The van der Waals surface area contributed by atoms with E-state index < -0.39 is 11.6 Å². The fourth-order valence-corrected chi connectivity index (χ4v) is 1.88. The number of imide groups is 1. The van der Waals surface area contributed by atoms with Gasteiger partial charge in [-0.15, -0.1) is 6.42 Å². The van der Waals surface area contributed by atoms with Crippen molar-refractivity contribution in [1.82, 2.24) is 10.0 Å². The monoisotopic (exact) mass is 252 g/mol. The Hall–Kier alpha value is -1.54. The largest absolute Gasteiger partial charge is 0.448 e. The zero-order valence-electron chi connectivity index (χ0n) is 11.2. The summed E-state index contributed by atoms with van der Waals surface area (Å²) in [6.07, 6.45) is 6.62. The Kier molecular flexibility index (Phi) is 4.74. The first-order valence-corrected chi connectivity index (χ1v) is 6.14. The van der Waals surface area contributed by atoms with Crippen LogP contribution >= 0.6 is 0 Å². The molecule has 0 N–H and O–H groups in total. The molecular weight excluding hydrogens is 232 g/mol. The van der Waals surface area contributed by atoms with Crippen molar-refractivity contribution < 1.29 is 14.3 Å². The van der Waals surface area contributed by atoms with Crippen molar-refractivity contribution in [2.24, 2.45) is 0 Å². The molecule has 1 aliphatic rings. The van der Waals surface area contributed by atoms with Crippen LogP contribution in [0.25, 0.3) is 0 Å². The second-order valence-corrected chi connectivity index (χ2v) is 4.92. The normalized spacial score (nSPS) is 18.8. The molecule has 0 aromatic carbocycles. The standard InChI is InChI=1S/C13H20N2O3/c1-5-7-9-18-12(17)15-11(16)10-13(3,4)14(15)8-6-2/h2H,5,7-10H2,1,3-4H3. The summed E-state index contributed by atoms with van der Waals surface area (Å²) >= 11 is 0. The maximum absolute atomic E-state index is 11.9. The van der Waals surface area contributed by atoms with Gasteiger partial charge in [0.25, 0.3) is 0 Å². The number of nitrogens with zero attached hydrogens (tertiary/aromatic N) is 2. The lowest BCUT2D eigenvalue weighted by molar-refractivity contribution is -0.135. The molecule has 1 aliphatic heterocycles. The van der Waals surface area contributed by atoms with E-state index >= 15 is 0 Å². The van der Waals surface area contributed by atoms with E-state index in [0.717, 1.165) is 17.9 Å². The Labute approximate surface area is 108 Å². The summed E-state index contributed by atoms with van der Waals surface area (Å²) in [5.41, 5.74) is -0.451. The fraction of sp³-hybridized carbons (Fsp3) is 0.692. The molecule has 0 aromatic heterocycles. The Morgan fingerprint density at radius 1 is 1.56 bits per heavy atom. The van der Waals surface area contributed by atoms with E-state index in [0.29, 0.717) is 6.61 Å². The molecule has 2 amide bonds. The maximum atomic E-state index is 11.9. The second kappa shape index (κ2) is 5.87. The number of ether oxygens (including phenoxy) is 1. The molecule has 1 fully saturated rings. The fourth-order valence-electron chi connectivity index (χ4n) is 1.88. The summed E-state index contributed by atoms with van der Waals surface area (Å²) in [6, 6.07) is 0. The van der Waals surface area contributed by atoms with E-state index in [1.54, 1.807) is 5.01 Å². The smallest absolute Gasteiger partial charge is 0.431 e. The Morgan fingerprint density at radius 3 is 2.78 bits per heavy atom. The first-order chi connectivity index (χ1) is 8.44. The molecule has 0 unspecified atom stereocenters. The lowest BCUT2D eigenvalue weighted by atomic mass is 10.0. The number of unbranched alkanes of at least 4 members (excludes halogenated alkanes) is 1. The first-order valence-electron chi connectivity index (χ1n) is 6.14. The van der Waals surface area contributed by atoms with Gasteiger partial charge < -0.3 is 4.74 Å². The van der Waals surface area contributed by atoms with Crippen molar-refractivity contribution in [1.29, 1.82) is 0 Å².